The van der Waals surface area contributed by atoms with Crippen LogP contribution in [0, 0.1) is 0 Å². The zero-order valence-corrected chi connectivity index (χ0v) is 15.9. The number of ether oxygens (including phenoxy) is 1. The summed E-state index contributed by atoms with van der Waals surface area (Å²) in [4.78, 5) is 19.1. The summed E-state index contributed by atoms with van der Waals surface area (Å²) in [5.41, 5.74) is 0.419. The summed E-state index contributed by atoms with van der Waals surface area (Å²) in [5.74, 6) is -0.0708. The molecule has 0 aliphatic carbocycles. The van der Waals surface area contributed by atoms with Gasteiger partial charge >= 0.3 is 0 Å². The van der Waals surface area contributed by atoms with Gasteiger partial charge in [-0.05, 0) is 6.92 Å². The van der Waals surface area contributed by atoms with E-state index in [2.05, 4.69) is 32.4 Å². The maximum atomic E-state index is 12.6. The average Bonchev–Trinajstić information content (AvgIpc) is 3.16. The zero-order chi connectivity index (χ0) is 18.4. The first kappa shape index (κ1) is 19.2. The third-order valence-corrected chi connectivity index (χ3v) is 5.17. The highest BCUT2D eigenvalue weighted by molar-refractivity contribution is 5.91. The van der Waals surface area contributed by atoms with E-state index in [4.69, 9.17) is 4.74 Å². The summed E-state index contributed by atoms with van der Waals surface area (Å²) in [6, 6.07) is 0.301. The van der Waals surface area contributed by atoms with Crippen molar-refractivity contribution in [3.05, 3.63) is 11.9 Å². The van der Waals surface area contributed by atoms with E-state index < -0.39 is 0 Å². The first-order valence-electron chi connectivity index (χ1n) is 9.54. The minimum atomic E-state index is -0.0708. The van der Waals surface area contributed by atoms with Crippen LogP contribution in [0.3, 0.4) is 0 Å². The normalized spacial score (nSPS) is 20.8. The molecule has 3 rings (SSSR count). The Bertz CT molecular complexity index is 567. The zero-order valence-electron chi connectivity index (χ0n) is 15.9. The number of nitrogens with one attached hydrogen (secondary N) is 1. The van der Waals surface area contributed by atoms with Gasteiger partial charge in [0.2, 0.25) is 0 Å². The molecule has 0 spiro atoms. The van der Waals surface area contributed by atoms with Crippen molar-refractivity contribution in [1.29, 1.82) is 0 Å². The maximum Gasteiger partial charge on any atom is 0.275 e. The van der Waals surface area contributed by atoms with Crippen LogP contribution in [0.1, 0.15) is 17.4 Å². The molecule has 1 aromatic rings. The number of piperazine rings is 1. The second kappa shape index (κ2) is 9.40. The fourth-order valence-electron chi connectivity index (χ4n) is 3.49. The van der Waals surface area contributed by atoms with E-state index in [1.54, 1.807) is 15.8 Å². The summed E-state index contributed by atoms with van der Waals surface area (Å²) in [7, 11) is 1.83. The number of morpholine rings is 1. The number of nitrogens with zero attached hydrogens (tertiary/aromatic N) is 6. The van der Waals surface area contributed by atoms with Gasteiger partial charge in [-0.1, -0.05) is 5.21 Å². The van der Waals surface area contributed by atoms with Crippen molar-refractivity contribution in [2.75, 3.05) is 72.6 Å². The highest BCUT2D eigenvalue weighted by atomic mass is 16.5. The lowest BCUT2D eigenvalue weighted by Gasteiger charge is -2.34. The summed E-state index contributed by atoms with van der Waals surface area (Å²) >= 11 is 0. The molecule has 0 aromatic carbocycles. The minimum Gasteiger partial charge on any atom is -0.379 e. The van der Waals surface area contributed by atoms with Crippen molar-refractivity contribution in [2.24, 2.45) is 0 Å². The summed E-state index contributed by atoms with van der Waals surface area (Å²) in [6.07, 6.45) is 1.76. The van der Waals surface area contributed by atoms with E-state index >= 15 is 0 Å². The Morgan fingerprint density at radius 3 is 2.73 bits per heavy atom. The number of aromatic nitrogens is 3. The number of carbonyl (C=O) groups is 1. The topological polar surface area (TPSA) is 78.8 Å². The van der Waals surface area contributed by atoms with Gasteiger partial charge in [-0.15, -0.1) is 5.10 Å². The van der Waals surface area contributed by atoms with E-state index in [9.17, 15) is 4.79 Å². The molecule has 0 unspecified atom stereocenters. The molecular weight excluding hydrogens is 334 g/mol. The Balaban J connectivity index is 1.46. The van der Waals surface area contributed by atoms with Crippen molar-refractivity contribution in [3.63, 3.8) is 0 Å². The summed E-state index contributed by atoms with van der Waals surface area (Å²) in [5, 5.41) is 11.5. The Kier molecular flexibility index (Phi) is 6.95. The highest BCUT2D eigenvalue weighted by Crippen LogP contribution is 2.07. The van der Waals surface area contributed by atoms with Crippen LogP contribution in [0.25, 0.3) is 0 Å². The molecule has 0 radical (unpaired) electrons. The van der Waals surface area contributed by atoms with Crippen LogP contribution in [0.15, 0.2) is 6.20 Å². The van der Waals surface area contributed by atoms with Gasteiger partial charge in [0.15, 0.2) is 5.69 Å². The van der Waals surface area contributed by atoms with E-state index in [1.165, 1.54) is 0 Å². The smallest absolute Gasteiger partial charge is 0.275 e. The molecule has 26 heavy (non-hydrogen) atoms. The van der Waals surface area contributed by atoms with Gasteiger partial charge in [0, 0.05) is 65.4 Å². The van der Waals surface area contributed by atoms with Crippen molar-refractivity contribution in [2.45, 2.75) is 19.5 Å². The Labute approximate surface area is 155 Å². The van der Waals surface area contributed by atoms with E-state index in [-0.39, 0.29) is 5.91 Å². The van der Waals surface area contributed by atoms with Crippen LogP contribution >= 0.6 is 0 Å². The van der Waals surface area contributed by atoms with Crippen molar-refractivity contribution in [1.82, 2.24) is 35.0 Å². The number of amides is 1. The lowest BCUT2D eigenvalue weighted by Crippen LogP contribution is -2.47. The lowest BCUT2D eigenvalue weighted by molar-refractivity contribution is 0.0142. The van der Waals surface area contributed by atoms with Gasteiger partial charge in [-0.2, -0.15) is 0 Å². The molecule has 1 aromatic heterocycles. The van der Waals surface area contributed by atoms with Crippen LogP contribution in [-0.4, -0.2) is 114 Å². The first-order valence-corrected chi connectivity index (χ1v) is 9.54. The second-order valence-electron chi connectivity index (χ2n) is 7.14. The summed E-state index contributed by atoms with van der Waals surface area (Å²) in [6.45, 7) is 12.1. The van der Waals surface area contributed by atoms with Crippen LogP contribution in [0.4, 0.5) is 0 Å². The number of rotatable bonds is 7. The monoisotopic (exact) mass is 365 g/mol. The van der Waals surface area contributed by atoms with Crippen molar-refractivity contribution in [3.8, 4) is 0 Å². The largest absolute Gasteiger partial charge is 0.379 e. The number of hydrogen-bond acceptors (Lipinski definition) is 7. The molecule has 9 heteroatoms. The van der Waals surface area contributed by atoms with E-state index in [0.29, 0.717) is 18.3 Å². The molecular formula is C17H31N7O2. The quantitative estimate of drug-likeness (QED) is 0.662. The van der Waals surface area contributed by atoms with Crippen LogP contribution in [-0.2, 0) is 11.3 Å². The number of hydrogen-bond donors (Lipinski definition) is 1. The molecule has 3 heterocycles. The van der Waals surface area contributed by atoms with Crippen LogP contribution in [0.2, 0.25) is 0 Å². The van der Waals surface area contributed by atoms with Crippen LogP contribution < -0.4 is 5.32 Å². The molecule has 1 N–H and O–H groups in total. The fourth-order valence-corrected chi connectivity index (χ4v) is 3.49. The van der Waals surface area contributed by atoms with Gasteiger partial charge in [0.1, 0.15) is 0 Å². The average molecular weight is 365 g/mol. The Hall–Kier alpha value is -1.55. The SMILES string of the molecule is C[C@@H](CN(C)C(=O)c1cn(CCN2CCNCC2)nn1)N1CCOCC1. The van der Waals surface area contributed by atoms with Crippen molar-refractivity contribution < 1.29 is 9.53 Å². The minimum absolute atomic E-state index is 0.0708. The standard InChI is InChI=1S/C17H31N7O2/c1-15(23-9-11-26-12-10-23)13-21(2)17(25)16-14-24(20-19-16)8-7-22-5-3-18-4-6-22/h14-15,18H,3-13H2,1-2H3/t15-/m0/s1. The predicted octanol–water partition coefficient (Wildman–Crippen LogP) is -1.02. The van der Waals surface area contributed by atoms with Gasteiger partial charge in [-0.3, -0.25) is 19.3 Å². The third kappa shape index (κ3) is 5.23. The van der Waals surface area contributed by atoms with Gasteiger partial charge in [0.25, 0.3) is 5.91 Å². The fraction of sp³-hybridized carbons (Fsp3) is 0.824. The Morgan fingerprint density at radius 2 is 2.00 bits per heavy atom. The third-order valence-electron chi connectivity index (χ3n) is 5.17. The van der Waals surface area contributed by atoms with Gasteiger partial charge < -0.3 is 15.0 Å². The molecule has 2 saturated heterocycles. The molecule has 1 atom stereocenters. The molecule has 2 aliphatic heterocycles. The summed E-state index contributed by atoms with van der Waals surface area (Å²) < 4.78 is 7.16. The Morgan fingerprint density at radius 1 is 1.27 bits per heavy atom. The van der Waals surface area contributed by atoms with Gasteiger partial charge in [0.05, 0.1) is 26.0 Å². The molecule has 0 bridgehead atoms. The van der Waals surface area contributed by atoms with Gasteiger partial charge in [-0.25, -0.2) is 0 Å². The number of likely N-dealkylation sites (N-methyl/N-ethyl adjacent to an activating group) is 1. The molecule has 9 nitrogen and oxygen atoms in total. The maximum absolute atomic E-state index is 12.6. The molecule has 0 saturated carbocycles. The van der Waals surface area contributed by atoms with E-state index in [1.807, 2.05) is 7.05 Å². The molecule has 146 valence electrons. The van der Waals surface area contributed by atoms with Crippen LogP contribution in [0.5, 0.6) is 0 Å². The molecule has 2 fully saturated rings. The predicted molar refractivity (Wildman–Crippen MR) is 98.1 cm³/mol. The van der Waals surface area contributed by atoms with E-state index in [0.717, 1.165) is 65.6 Å². The molecule has 2 aliphatic rings. The molecule has 1 amide bonds. The lowest BCUT2D eigenvalue weighted by atomic mass is 10.2. The first-order chi connectivity index (χ1) is 12.6. The number of carbonyl (C=O) groups excluding carboxylic acids is 1. The van der Waals surface area contributed by atoms with Crippen molar-refractivity contribution >= 4 is 5.91 Å². The highest BCUT2D eigenvalue weighted by Gasteiger charge is 2.22. The second-order valence-corrected chi connectivity index (χ2v) is 7.14.